The van der Waals surface area contributed by atoms with Gasteiger partial charge in [-0.05, 0) is 136 Å². The molecule has 0 fully saturated rings. The molecule has 0 N–H and O–H groups in total. The highest BCUT2D eigenvalue weighted by Crippen LogP contribution is 2.52. The summed E-state index contributed by atoms with van der Waals surface area (Å²) in [5.41, 5.74) is 19.0. The van der Waals surface area contributed by atoms with Crippen LogP contribution in [0.1, 0.15) is 41.7 Å². The van der Waals surface area contributed by atoms with Crippen molar-refractivity contribution in [1.82, 2.24) is 0 Å². The van der Waals surface area contributed by atoms with Gasteiger partial charge in [0.15, 0.2) is 0 Å². The Morgan fingerprint density at radius 1 is 0.444 bits per heavy atom. The van der Waals surface area contributed by atoms with E-state index in [1.165, 1.54) is 77.7 Å². The lowest BCUT2D eigenvalue weighted by molar-refractivity contribution is 0.660. The van der Waals surface area contributed by atoms with Crippen LogP contribution < -0.4 is 4.90 Å². The summed E-state index contributed by atoms with van der Waals surface area (Å²) in [4.78, 5) is 2.48. The van der Waals surface area contributed by atoms with E-state index in [1.807, 2.05) is 6.07 Å². The molecule has 0 saturated heterocycles. The summed E-state index contributed by atoms with van der Waals surface area (Å²) >= 11 is 0. The zero-order valence-electron chi connectivity index (χ0n) is 31.4. The summed E-state index contributed by atoms with van der Waals surface area (Å²) in [7, 11) is 0. The molecule has 2 heteroatoms. The molecule has 0 bridgehead atoms. The SMILES string of the molecule is Cc1cccc(C)c1-c1cc(-c2ccc3ccccc3c2)cc(C)c1N(c1ccc2c(c1)C(C)(C)c1ccccc1-2)c1ccc2c(c1)oc1ccccc12. The third-order valence-corrected chi connectivity index (χ3v) is 11.8. The van der Waals surface area contributed by atoms with Gasteiger partial charge in [0.1, 0.15) is 11.2 Å². The number of fused-ring (bicyclic) bond motifs is 7. The van der Waals surface area contributed by atoms with Crippen molar-refractivity contribution in [2.45, 2.75) is 40.0 Å². The van der Waals surface area contributed by atoms with Crippen LogP contribution in [0.25, 0.3) is 66.1 Å². The van der Waals surface area contributed by atoms with Crippen LogP contribution in [0.5, 0.6) is 0 Å². The number of aryl methyl sites for hydroxylation is 3. The third kappa shape index (κ3) is 4.94. The molecule has 0 unspecified atom stereocenters. The molecule has 0 radical (unpaired) electrons. The quantitative estimate of drug-likeness (QED) is 0.178. The van der Waals surface area contributed by atoms with Crippen molar-refractivity contribution in [2.24, 2.45) is 0 Å². The highest BCUT2D eigenvalue weighted by Gasteiger charge is 2.36. The highest BCUT2D eigenvalue weighted by molar-refractivity contribution is 6.06. The summed E-state index contributed by atoms with van der Waals surface area (Å²) in [6.07, 6.45) is 0. The van der Waals surface area contributed by atoms with Crippen molar-refractivity contribution in [1.29, 1.82) is 0 Å². The van der Waals surface area contributed by atoms with E-state index in [4.69, 9.17) is 4.42 Å². The van der Waals surface area contributed by atoms with Gasteiger partial charge < -0.3 is 9.32 Å². The summed E-state index contributed by atoms with van der Waals surface area (Å²) < 4.78 is 6.53. The Morgan fingerprint density at radius 2 is 1.13 bits per heavy atom. The smallest absolute Gasteiger partial charge is 0.137 e. The average molecular weight is 696 g/mol. The van der Waals surface area contributed by atoms with Crippen molar-refractivity contribution in [3.05, 3.63) is 186 Å². The molecule has 0 saturated carbocycles. The maximum absolute atomic E-state index is 6.53. The monoisotopic (exact) mass is 695 g/mol. The molecular weight excluding hydrogens is 655 g/mol. The summed E-state index contributed by atoms with van der Waals surface area (Å²) in [5.74, 6) is 0. The fourth-order valence-corrected chi connectivity index (χ4v) is 9.13. The van der Waals surface area contributed by atoms with Gasteiger partial charge >= 0.3 is 0 Å². The zero-order chi connectivity index (χ0) is 36.7. The van der Waals surface area contributed by atoms with Crippen LogP contribution in [-0.4, -0.2) is 0 Å². The molecule has 1 aliphatic carbocycles. The van der Waals surface area contributed by atoms with E-state index in [9.17, 15) is 0 Å². The third-order valence-electron chi connectivity index (χ3n) is 11.8. The number of hydrogen-bond acceptors (Lipinski definition) is 2. The van der Waals surface area contributed by atoms with Crippen molar-refractivity contribution in [2.75, 3.05) is 4.90 Å². The van der Waals surface area contributed by atoms with E-state index in [0.29, 0.717) is 0 Å². The number of anilines is 3. The summed E-state index contributed by atoms with van der Waals surface area (Å²) in [5, 5.41) is 4.75. The van der Waals surface area contributed by atoms with E-state index in [2.05, 4.69) is 191 Å². The Bertz CT molecular complexity index is 2940. The molecule has 10 rings (SSSR count). The first-order valence-electron chi connectivity index (χ1n) is 18.9. The molecule has 0 amide bonds. The molecule has 0 atom stereocenters. The molecule has 1 aliphatic rings. The first-order chi connectivity index (χ1) is 26.3. The summed E-state index contributed by atoms with van der Waals surface area (Å²) in [6, 6.07) is 57.9. The Balaban J connectivity index is 1.26. The number of nitrogens with zero attached hydrogens (tertiary/aromatic N) is 1. The topological polar surface area (TPSA) is 16.4 Å². The van der Waals surface area contributed by atoms with Crippen molar-refractivity contribution >= 4 is 49.8 Å². The van der Waals surface area contributed by atoms with Crippen molar-refractivity contribution < 1.29 is 4.42 Å². The number of para-hydroxylation sites is 1. The van der Waals surface area contributed by atoms with Crippen LogP contribution in [-0.2, 0) is 5.41 Å². The molecule has 260 valence electrons. The van der Waals surface area contributed by atoms with E-state index < -0.39 is 0 Å². The van der Waals surface area contributed by atoms with Gasteiger partial charge in [-0.25, -0.2) is 0 Å². The molecule has 0 aliphatic heterocycles. The molecule has 54 heavy (non-hydrogen) atoms. The van der Waals surface area contributed by atoms with Crippen LogP contribution in [0.4, 0.5) is 17.1 Å². The molecule has 9 aromatic rings. The predicted molar refractivity (Wildman–Crippen MR) is 229 cm³/mol. The van der Waals surface area contributed by atoms with Crippen LogP contribution >= 0.6 is 0 Å². The molecule has 2 nitrogen and oxygen atoms in total. The predicted octanol–water partition coefficient (Wildman–Crippen LogP) is 14.8. The van der Waals surface area contributed by atoms with Gasteiger partial charge in [-0.15, -0.1) is 0 Å². The second-order valence-corrected chi connectivity index (χ2v) is 15.5. The second-order valence-electron chi connectivity index (χ2n) is 15.5. The van der Waals surface area contributed by atoms with E-state index in [0.717, 1.165) is 33.3 Å². The van der Waals surface area contributed by atoms with Crippen molar-refractivity contribution in [3.8, 4) is 33.4 Å². The second kappa shape index (κ2) is 12.1. The first-order valence-corrected chi connectivity index (χ1v) is 18.9. The molecule has 1 aromatic heterocycles. The summed E-state index contributed by atoms with van der Waals surface area (Å²) in [6.45, 7) is 11.5. The molecule has 0 spiro atoms. The lowest BCUT2D eigenvalue weighted by atomic mass is 9.82. The van der Waals surface area contributed by atoms with Gasteiger partial charge in [-0.3, -0.25) is 0 Å². The Hall–Kier alpha value is -6.38. The number of hydrogen-bond donors (Lipinski definition) is 0. The highest BCUT2D eigenvalue weighted by atomic mass is 16.3. The minimum atomic E-state index is -0.138. The van der Waals surface area contributed by atoms with Crippen LogP contribution in [0.2, 0.25) is 0 Å². The van der Waals surface area contributed by atoms with Crippen molar-refractivity contribution in [3.63, 3.8) is 0 Å². The lowest BCUT2D eigenvalue weighted by Gasteiger charge is -2.32. The zero-order valence-corrected chi connectivity index (χ0v) is 31.4. The molecule has 1 heterocycles. The van der Waals surface area contributed by atoms with E-state index >= 15 is 0 Å². The fourth-order valence-electron chi connectivity index (χ4n) is 9.13. The number of rotatable bonds is 5. The Labute approximate surface area is 316 Å². The first kappa shape index (κ1) is 32.3. The molecular formula is C52H41NO. The largest absolute Gasteiger partial charge is 0.456 e. The van der Waals surface area contributed by atoms with E-state index in [1.54, 1.807) is 0 Å². The minimum Gasteiger partial charge on any atom is -0.456 e. The van der Waals surface area contributed by atoms with Gasteiger partial charge in [-0.2, -0.15) is 0 Å². The Morgan fingerprint density at radius 3 is 1.98 bits per heavy atom. The maximum Gasteiger partial charge on any atom is 0.137 e. The van der Waals surface area contributed by atoms with Crippen LogP contribution in [0.3, 0.4) is 0 Å². The van der Waals surface area contributed by atoms with Gasteiger partial charge in [0.05, 0.1) is 5.69 Å². The average Bonchev–Trinajstić information content (AvgIpc) is 3.67. The van der Waals surface area contributed by atoms with Gasteiger partial charge in [0.2, 0.25) is 0 Å². The number of furan rings is 1. The van der Waals surface area contributed by atoms with Crippen LogP contribution in [0.15, 0.2) is 162 Å². The van der Waals surface area contributed by atoms with Crippen LogP contribution in [0, 0.1) is 20.8 Å². The minimum absolute atomic E-state index is 0.138. The molecule has 8 aromatic carbocycles. The normalized spacial score (nSPS) is 13.1. The lowest BCUT2D eigenvalue weighted by Crippen LogP contribution is -2.17. The van der Waals surface area contributed by atoms with Gasteiger partial charge in [0, 0.05) is 39.2 Å². The Kier molecular flexibility index (Phi) is 7.22. The van der Waals surface area contributed by atoms with E-state index in [-0.39, 0.29) is 5.41 Å². The fraction of sp³-hybridized carbons (Fsp3) is 0.115. The standard InChI is InChI=1S/C52H41NO/c1-32-13-12-14-33(2)50(32)45-29-38(37-22-21-35-15-6-7-16-36(35)28-37)27-34(3)51(45)53(40-24-26-44-43-18-9-11-20-48(43)54-49(44)31-40)39-23-25-42-41-17-8-10-19-46(41)52(4,5)47(42)30-39/h6-31H,1-5H3. The van der Waals surface area contributed by atoms with Gasteiger partial charge in [-0.1, -0.05) is 117 Å². The maximum atomic E-state index is 6.53. The van der Waals surface area contributed by atoms with Gasteiger partial charge in [0.25, 0.3) is 0 Å². The number of benzene rings is 8.